The van der Waals surface area contributed by atoms with E-state index in [0.717, 1.165) is 0 Å². The molecule has 9 heteroatoms. The lowest BCUT2D eigenvalue weighted by atomic mass is 9.95. The number of thiazole rings is 1. The van der Waals surface area contributed by atoms with Crippen molar-refractivity contribution in [1.29, 1.82) is 0 Å². The van der Waals surface area contributed by atoms with Gasteiger partial charge in [0.05, 0.1) is 36.1 Å². The van der Waals surface area contributed by atoms with E-state index in [1.807, 2.05) is 0 Å². The summed E-state index contributed by atoms with van der Waals surface area (Å²) in [5.41, 5.74) is 1.63. The predicted molar refractivity (Wildman–Crippen MR) is 131 cm³/mol. The number of fused-ring (bicyclic) bond motifs is 1. The molecule has 1 unspecified atom stereocenters. The Labute approximate surface area is 204 Å². The number of carbonyl (C=O) groups excluding carboxylic acids is 1. The first-order chi connectivity index (χ1) is 16.9. The molecule has 0 aliphatic carbocycles. The van der Waals surface area contributed by atoms with Crippen molar-refractivity contribution in [3.63, 3.8) is 0 Å². The molecule has 180 valence electrons. The Morgan fingerprint density at radius 2 is 1.89 bits per heavy atom. The predicted octanol–water partition coefficient (Wildman–Crippen LogP) is 3.12. The van der Waals surface area contributed by atoms with E-state index < -0.39 is 12.0 Å². The fourth-order valence-corrected chi connectivity index (χ4v) is 4.89. The molecular weight excluding hydrogens is 471 g/mol. The maximum atomic E-state index is 13.6. The Kier molecular flexibility index (Phi) is 6.97. The first kappa shape index (κ1) is 24.2. The summed E-state index contributed by atoms with van der Waals surface area (Å²) in [7, 11) is 3.04. The number of nitrogens with zero attached hydrogens (tertiary/aromatic N) is 2. The SMILES string of the molecule is C=CCOC(=O)C1=C(C)N=c2sc(=Cc3ccc(F)cc3)c(=O)n2C1c1ccc(OC)c(OC)c1. The topological polar surface area (TPSA) is 79.1 Å². The fourth-order valence-electron chi connectivity index (χ4n) is 3.84. The molecule has 0 radical (unpaired) electrons. The standard InChI is InChI=1S/C26H23FN2O5S/c1-5-12-34-25(31)22-15(2)28-26-29(23(22)17-8-11-19(32-3)20(14-17)33-4)24(30)21(35-26)13-16-6-9-18(27)10-7-16/h5-11,13-14,23H,1,12H2,2-4H3. The number of hydrogen-bond acceptors (Lipinski definition) is 7. The molecule has 35 heavy (non-hydrogen) atoms. The van der Waals surface area contributed by atoms with Gasteiger partial charge in [-0.3, -0.25) is 9.36 Å². The van der Waals surface area contributed by atoms with Crippen LogP contribution >= 0.6 is 11.3 Å². The zero-order chi connectivity index (χ0) is 25.1. The van der Waals surface area contributed by atoms with Gasteiger partial charge in [0.25, 0.3) is 5.56 Å². The first-order valence-electron chi connectivity index (χ1n) is 10.7. The second-order valence-electron chi connectivity index (χ2n) is 7.63. The molecule has 0 bridgehead atoms. The molecule has 1 aliphatic heterocycles. The van der Waals surface area contributed by atoms with Crippen LogP contribution in [0.25, 0.3) is 6.08 Å². The van der Waals surface area contributed by atoms with Crippen LogP contribution in [0.15, 0.2) is 76.2 Å². The van der Waals surface area contributed by atoms with Crippen molar-refractivity contribution in [2.24, 2.45) is 4.99 Å². The van der Waals surface area contributed by atoms with E-state index in [-0.39, 0.29) is 23.6 Å². The number of benzene rings is 2. The second kappa shape index (κ2) is 10.1. The lowest BCUT2D eigenvalue weighted by molar-refractivity contribution is -0.138. The summed E-state index contributed by atoms with van der Waals surface area (Å²) in [4.78, 5) is 31.7. The molecule has 1 atom stereocenters. The lowest BCUT2D eigenvalue weighted by Gasteiger charge is -2.25. The van der Waals surface area contributed by atoms with Crippen molar-refractivity contribution in [2.45, 2.75) is 13.0 Å². The highest BCUT2D eigenvalue weighted by molar-refractivity contribution is 7.07. The Morgan fingerprint density at radius 1 is 1.17 bits per heavy atom. The monoisotopic (exact) mass is 494 g/mol. The van der Waals surface area contributed by atoms with Crippen molar-refractivity contribution in [2.75, 3.05) is 20.8 Å². The molecule has 7 nitrogen and oxygen atoms in total. The van der Waals surface area contributed by atoms with Crippen molar-refractivity contribution in [1.82, 2.24) is 4.57 Å². The lowest BCUT2D eigenvalue weighted by Crippen LogP contribution is -2.40. The summed E-state index contributed by atoms with van der Waals surface area (Å²) in [6.07, 6.45) is 3.14. The molecular formula is C26H23FN2O5S. The average molecular weight is 495 g/mol. The average Bonchev–Trinajstić information content (AvgIpc) is 3.16. The highest BCUT2D eigenvalue weighted by atomic mass is 32.1. The van der Waals surface area contributed by atoms with E-state index in [1.165, 1.54) is 48.3 Å². The third kappa shape index (κ3) is 4.67. The second-order valence-corrected chi connectivity index (χ2v) is 8.64. The summed E-state index contributed by atoms with van der Waals surface area (Å²) < 4.78 is 31.3. The van der Waals surface area contributed by atoms with Crippen LogP contribution in [-0.2, 0) is 9.53 Å². The third-order valence-electron chi connectivity index (χ3n) is 5.46. The molecule has 0 N–H and O–H groups in total. The number of esters is 1. The van der Waals surface area contributed by atoms with Gasteiger partial charge in [-0.05, 0) is 48.4 Å². The molecule has 1 aromatic heterocycles. The van der Waals surface area contributed by atoms with Gasteiger partial charge in [-0.15, -0.1) is 0 Å². The molecule has 4 rings (SSSR count). The molecule has 0 spiro atoms. The largest absolute Gasteiger partial charge is 0.493 e. The van der Waals surface area contributed by atoms with Crippen LogP contribution in [0, 0.1) is 5.82 Å². The molecule has 0 saturated carbocycles. The maximum absolute atomic E-state index is 13.6. The number of ether oxygens (including phenoxy) is 3. The van der Waals surface area contributed by atoms with E-state index in [1.54, 1.807) is 43.3 Å². The molecule has 2 heterocycles. The third-order valence-corrected chi connectivity index (χ3v) is 6.45. The fraction of sp³-hybridized carbons (Fsp3) is 0.192. The minimum atomic E-state index is -0.807. The molecule has 0 amide bonds. The Bertz CT molecular complexity index is 1500. The van der Waals surface area contributed by atoms with Crippen molar-refractivity contribution in [3.05, 3.63) is 103 Å². The van der Waals surface area contributed by atoms with Gasteiger partial charge in [0, 0.05) is 0 Å². The van der Waals surface area contributed by atoms with Gasteiger partial charge < -0.3 is 14.2 Å². The zero-order valence-electron chi connectivity index (χ0n) is 19.4. The van der Waals surface area contributed by atoms with Crippen LogP contribution in [0.1, 0.15) is 24.1 Å². The van der Waals surface area contributed by atoms with Gasteiger partial charge >= 0.3 is 5.97 Å². The minimum absolute atomic E-state index is 0.0171. The summed E-state index contributed by atoms with van der Waals surface area (Å²) in [6.45, 7) is 5.31. The van der Waals surface area contributed by atoms with Gasteiger partial charge in [0.2, 0.25) is 0 Å². The van der Waals surface area contributed by atoms with E-state index >= 15 is 0 Å². The molecule has 0 saturated heterocycles. The van der Waals surface area contributed by atoms with E-state index in [4.69, 9.17) is 14.2 Å². The van der Waals surface area contributed by atoms with Gasteiger partial charge in [0.1, 0.15) is 12.4 Å². The van der Waals surface area contributed by atoms with Crippen LogP contribution in [0.4, 0.5) is 4.39 Å². The van der Waals surface area contributed by atoms with Gasteiger partial charge in [-0.25, -0.2) is 14.2 Å². The Balaban J connectivity index is 1.95. The van der Waals surface area contributed by atoms with Crippen molar-refractivity contribution < 1.29 is 23.4 Å². The highest BCUT2D eigenvalue weighted by Crippen LogP contribution is 2.36. The Morgan fingerprint density at radius 3 is 2.54 bits per heavy atom. The van der Waals surface area contributed by atoms with Crippen LogP contribution in [-0.4, -0.2) is 31.4 Å². The Hall–Kier alpha value is -3.98. The molecule has 1 aliphatic rings. The van der Waals surface area contributed by atoms with Crippen LogP contribution in [0.2, 0.25) is 0 Å². The number of hydrogen-bond donors (Lipinski definition) is 0. The maximum Gasteiger partial charge on any atom is 0.338 e. The summed E-state index contributed by atoms with van der Waals surface area (Å²) in [5, 5.41) is 0. The minimum Gasteiger partial charge on any atom is -0.493 e. The molecule has 3 aromatic rings. The summed E-state index contributed by atoms with van der Waals surface area (Å²) in [5.74, 6) is -0.00234. The van der Waals surface area contributed by atoms with Gasteiger partial charge in [-0.2, -0.15) is 0 Å². The summed E-state index contributed by atoms with van der Waals surface area (Å²) in [6, 6.07) is 10.2. The number of aromatic nitrogens is 1. The van der Waals surface area contributed by atoms with Crippen LogP contribution < -0.4 is 24.4 Å². The first-order valence-corrected chi connectivity index (χ1v) is 11.5. The van der Waals surface area contributed by atoms with Crippen LogP contribution in [0.5, 0.6) is 11.5 Å². The number of carbonyl (C=O) groups is 1. The smallest absolute Gasteiger partial charge is 0.338 e. The van der Waals surface area contributed by atoms with E-state index in [2.05, 4.69) is 11.6 Å². The number of methoxy groups -OCH3 is 2. The summed E-state index contributed by atoms with van der Waals surface area (Å²) >= 11 is 1.19. The van der Waals surface area contributed by atoms with E-state index in [9.17, 15) is 14.0 Å². The number of halogens is 1. The molecule has 0 fully saturated rings. The molecule has 2 aromatic carbocycles. The van der Waals surface area contributed by atoms with E-state index in [0.29, 0.717) is 37.7 Å². The van der Waals surface area contributed by atoms with Gasteiger partial charge in [0.15, 0.2) is 16.3 Å². The number of rotatable bonds is 7. The quantitative estimate of drug-likeness (QED) is 0.373. The number of allylic oxidation sites excluding steroid dienone is 1. The van der Waals surface area contributed by atoms with Crippen molar-refractivity contribution >= 4 is 23.4 Å². The van der Waals surface area contributed by atoms with Crippen molar-refractivity contribution in [3.8, 4) is 11.5 Å². The normalized spacial score (nSPS) is 15.3. The zero-order valence-corrected chi connectivity index (χ0v) is 20.2. The van der Waals surface area contributed by atoms with Gasteiger partial charge in [-0.1, -0.05) is 42.2 Å². The highest BCUT2D eigenvalue weighted by Gasteiger charge is 2.34. The van der Waals surface area contributed by atoms with Crippen LogP contribution in [0.3, 0.4) is 0 Å².